The number of nitrogens with zero attached hydrogens (tertiary/aromatic N) is 4. The lowest BCUT2D eigenvalue weighted by atomic mass is 9.89. The van der Waals surface area contributed by atoms with E-state index < -0.39 is 0 Å². The summed E-state index contributed by atoms with van der Waals surface area (Å²) in [6, 6.07) is 8.65. The van der Waals surface area contributed by atoms with E-state index >= 15 is 0 Å². The molecule has 1 N–H and O–H groups in total. The van der Waals surface area contributed by atoms with Gasteiger partial charge in [0.1, 0.15) is 6.10 Å². The third-order valence-electron chi connectivity index (χ3n) is 5.36. The summed E-state index contributed by atoms with van der Waals surface area (Å²) in [7, 11) is 0. The third-order valence-corrected chi connectivity index (χ3v) is 6.33. The second-order valence-corrected chi connectivity index (χ2v) is 8.59. The summed E-state index contributed by atoms with van der Waals surface area (Å²) in [5.74, 6) is 2.27. The Kier molecular flexibility index (Phi) is 4.32. The Hall–Kier alpha value is -2.41. The molecule has 0 bridgehead atoms. The molecule has 3 heterocycles. The zero-order valence-electron chi connectivity index (χ0n) is 15.3. The molecule has 0 amide bonds. The maximum atomic E-state index is 6.18. The number of benzene rings is 1. The van der Waals surface area contributed by atoms with Gasteiger partial charge in [-0.25, -0.2) is 15.0 Å². The lowest BCUT2D eigenvalue weighted by Crippen LogP contribution is -2.43. The lowest BCUT2D eigenvalue weighted by Gasteiger charge is -2.35. The van der Waals surface area contributed by atoms with Crippen molar-refractivity contribution >= 4 is 32.5 Å². The Morgan fingerprint density at radius 1 is 1.19 bits per heavy atom. The van der Waals surface area contributed by atoms with E-state index in [1.807, 2.05) is 6.07 Å². The molecule has 1 atom stereocenters. The molecular weight excluding hydrogens is 358 g/mol. The number of fused-ring (bicyclic) bond motifs is 1. The van der Waals surface area contributed by atoms with Gasteiger partial charge >= 0.3 is 0 Å². The average molecular weight is 382 g/mol. The number of rotatable bonds is 5. The van der Waals surface area contributed by atoms with Crippen LogP contribution in [0.2, 0.25) is 0 Å². The van der Waals surface area contributed by atoms with Crippen molar-refractivity contribution in [3.63, 3.8) is 0 Å². The molecule has 1 saturated carbocycles. The molecule has 5 rings (SSSR count). The van der Waals surface area contributed by atoms with Gasteiger partial charge in [-0.15, -0.1) is 0 Å². The van der Waals surface area contributed by atoms with Gasteiger partial charge in [-0.2, -0.15) is 0 Å². The largest absolute Gasteiger partial charge is 0.472 e. The van der Waals surface area contributed by atoms with E-state index in [-0.39, 0.29) is 6.10 Å². The number of nitrogens with one attached hydrogen (secondary N) is 1. The van der Waals surface area contributed by atoms with E-state index in [1.54, 1.807) is 23.7 Å². The standard InChI is InChI=1S/C20H23N5OS/c1-13-6-9-25(12-13)18-19(22-8-7-21-18)26-15-10-14(11-15)23-20-24-16-4-2-3-5-17(16)27-20/h2-5,7-8,13-15H,6,9-12H2,1H3,(H,23,24)/t13-,14-,15-/m0/s1. The molecule has 0 radical (unpaired) electrons. The topological polar surface area (TPSA) is 63.2 Å². The van der Waals surface area contributed by atoms with Gasteiger partial charge in [0.2, 0.25) is 0 Å². The summed E-state index contributed by atoms with van der Waals surface area (Å²) in [6.07, 6.45) is 6.78. The zero-order chi connectivity index (χ0) is 18.2. The predicted molar refractivity (Wildman–Crippen MR) is 109 cm³/mol. The minimum atomic E-state index is 0.187. The number of para-hydroxylation sites is 1. The molecule has 1 saturated heterocycles. The van der Waals surface area contributed by atoms with Crippen LogP contribution < -0.4 is 15.0 Å². The molecule has 27 heavy (non-hydrogen) atoms. The zero-order valence-corrected chi connectivity index (χ0v) is 16.2. The van der Waals surface area contributed by atoms with E-state index in [2.05, 4.69) is 50.3 Å². The van der Waals surface area contributed by atoms with Crippen molar-refractivity contribution in [3.8, 4) is 5.88 Å². The molecule has 1 aromatic carbocycles. The van der Waals surface area contributed by atoms with Gasteiger partial charge in [0.25, 0.3) is 5.88 Å². The Bertz CT molecular complexity index is 906. The maximum absolute atomic E-state index is 6.18. The molecule has 2 fully saturated rings. The van der Waals surface area contributed by atoms with Crippen LogP contribution in [0.15, 0.2) is 36.7 Å². The first-order valence-electron chi connectivity index (χ1n) is 9.59. The van der Waals surface area contributed by atoms with Crippen LogP contribution in [-0.2, 0) is 0 Å². The second-order valence-electron chi connectivity index (χ2n) is 7.56. The Labute approximate surface area is 162 Å². The molecule has 2 aromatic heterocycles. The van der Waals surface area contributed by atoms with Crippen LogP contribution in [0.4, 0.5) is 10.9 Å². The summed E-state index contributed by atoms with van der Waals surface area (Å²) in [5.41, 5.74) is 1.06. The van der Waals surface area contributed by atoms with Crippen LogP contribution in [0.25, 0.3) is 10.2 Å². The van der Waals surface area contributed by atoms with Crippen molar-refractivity contribution in [1.82, 2.24) is 15.0 Å². The summed E-state index contributed by atoms with van der Waals surface area (Å²) in [4.78, 5) is 15.9. The third kappa shape index (κ3) is 3.43. The summed E-state index contributed by atoms with van der Waals surface area (Å²) >= 11 is 1.71. The van der Waals surface area contributed by atoms with Crippen molar-refractivity contribution in [3.05, 3.63) is 36.7 Å². The number of ether oxygens (including phenoxy) is 1. The minimum Gasteiger partial charge on any atom is -0.472 e. The highest BCUT2D eigenvalue weighted by Gasteiger charge is 2.33. The molecule has 2 aliphatic rings. The molecule has 0 unspecified atom stereocenters. The Balaban J connectivity index is 1.19. The number of anilines is 2. The highest BCUT2D eigenvalue weighted by Crippen LogP contribution is 2.34. The first kappa shape index (κ1) is 16.7. The van der Waals surface area contributed by atoms with E-state index in [9.17, 15) is 0 Å². The van der Waals surface area contributed by atoms with Gasteiger partial charge in [-0.05, 0) is 24.5 Å². The first-order chi connectivity index (χ1) is 13.2. The smallest absolute Gasteiger partial charge is 0.257 e. The van der Waals surface area contributed by atoms with E-state index in [0.29, 0.717) is 17.8 Å². The van der Waals surface area contributed by atoms with Crippen LogP contribution in [0.3, 0.4) is 0 Å². The Morgan fingerprint density at radius 3 is 2.85 bits per heavy atom. The van der Waals surface area contributed by atoms with Crippen LogP contribution in [0, 0.1) is 5.92 Å². The lowest BCUT2D eigenvalue weighted by molar-refractivity contribution is 0.103. The fourth-order valence-electron chi connectivity index (χ4n) is 3.79. The van der Waals surface area contributed by atoms with E-state index in [4.69, 9.17) is 4.74 Å². The normalized spacial score (nSPS) is 24.8. The van der Waals surface area contributed by atoms with Crippen molar-refractivity contribution in [1.29, 1.82) is 0 Å². The van der Waals surface area contributed by atoms with E-state index in [1.165, 1.54) is 11.1 Å². The van der Waals surface area contributed by atoms with Gasteiger partial charge in [0.15, 0.2) is 10.9 Å². The summed E-state index contributed by atoms with van der Waals surface area (Å²) < 4.78 is 7.40. The predicted octanol–water partition coefficient (Wildman–Crippen LogP) is 3.95. The highest BCUT2D eigenvalue weighted by atomic mass is 32.1. The number of thiazole rings is 1. The summed E-state index contributed by atoms with van der Waals surface area (Å²) in [5, 5.41) is 4.53. The fourth-order valence-corrected chi connectivity index (χ4v) is 4.73. The van der Waals surface area contributed by atoms with Gasteiger partial charge < -0.3 is 15.0 Å². The van der Waals surface area contributed by atoms with E-state index in [0.717, 1.165) is 42.4 Å². The number of hydrogen-bond acceptors (Lipinski definition) is 7. The van der Waals surface area contributed by atoms with Crippen molar-refractivity contribution in [2.75, 3.05) is 23.3 Å². The molecule has 140 valence electrons. The van der Waals surface area contributed by atoms with Gasteiger partial charge in [0.05, 0.1) is 10.2 Å². The molecular formula is C20H23N5OS. The monoisotopic (exact) mass is 381 g/mol. The van der Waals surface area contributed by atoms with Crippen molar-refractivity contribution in [2.24, 2.45) is 5.92 Å². The minimum absolute atomic E-state index is 0.187. The first-order valence-corrected chi connectivity index (χ1v) is 10.4. The maximum Gasteiger partial charge on any atom is 0.257 e. The SMILES string of the molecule is C[C@H]1CCN(c2nccnc2O[C@H]2C[C@H](Nc3nc4ccccc4s3)C2)C1. The van der Waals surface area contributed by atoms with Crippen LogP contribution in [0.1, 0.15) is 26.2 Å². The van der Waals surface area contributed by atoms with Crippen LogP contribution >= 0.6 is 11.3 Å². The number of hydrogen-bond donors (Lipinski definition) is 1. The molecule has 1 aliphatic heterocycles. The fraction of sp³-hybridized carbons (Fsp3) is 0.450. The van der Waals surface area contributed by atoms with Crippen LogP contribution in [-0.4, -0.2) is 40.2 Å². The van der Waals surface area contributed by atoms with Crippen molar-refractivity contribution in [2.45, 2.75) is 38.3 Å². The molecule has 6 nitrogen and oxygen atoms in total. The highest BCUT2D eigenvalue weighted by molar-refractivity contribution is 7.22. The van der Waals surface area contributed by atoms with Crippen LogP contribution in [0.5, 0.6) is 5.88 Å². The van der Waals surface area contributed by atoms with Crippen molar-refractivity contribution < 1.29 is 4.74 Å². The summed E-state index contributed by atoms with van der Waals surface area (Å²) in [6.45, 7) is 4.34. The quantitative estimate of drug-likeness (QED) is 0.722. The molecule has 7 heteroatoms. The van der Waals surface area contributed by atoms with Gasteiger partial charge in [-0.1, -0.05) is 30.4 Å². The second kappa shape index (κ2) is 6.96. The van der Waals surface area contributed by atoms with Gasteiger partial charge in [-0.3, -0.25) is 0 Å². The Morgan fingerprint density at radius 2 is 2.04 bits per heavy atom. The average Bonchev–Trinajstić information content (AvgIpc) is 3.26. The molecule has 1 aliphatic carbocycles. The van der Waals surface area contributed by atoms with Gasteiger partial charge in [0, 0.05) is 44.4 Å². The molecule has 0 spiro atoms. The molecule has 3 aromatic rings. The number of aromatic nitrogens is 3.